The fraction of sp³-hybridized carbons (Fsp3) is 0.182. The number of hydrogen-bond donors (Lipinski definition) is 2. The number of allylic oxidation sites excluding steroid dienone is 3. The molecule has 0 aliphatic carbocycles. The van der Waals surface area contributed by atoms with Crippen LogP contribution in [0.25, 0.3) is 22.2 Å². The molecular weight excluding hydrogens is 538 g/mol. The van der Waals surface area contributed by atoms with Crippen molar-refractivity contribution >= 4 is 51.8 Å². The third kappa shape index (κ3) is 6.30. The number of anilines is 1. The second kappa shape index (κ2) is 12.1. The molecule has 0 radical (unpaired) electrons. The average Bonchev–Trinajstić information content (AvgIpc) is 3.15. The van der Waals surface area contributed by atoms with Gasteiger partial charge >= 0.3 is 0 Å². The van der Waals surface area contributed by atoms with Crippen molar-refractivity contribution in [3.8, 4) is 11.3 Å². The van der Waals surface area contributed by atoms with Crippen LogP contribution >= 0.6 is 23.4 Å². The topological polar surface area (TPSA) is 71.1 Å². The standard InChI is InChI=1S/C33H30ClN3O2S/c1-20-16-21(2)31-27(17-20)28(18-30(37-31)26-10-6-7-11-29(26)34)33(39)36-24-14-12-23(13-15-24)32(38)35-19-25-9-5-4-8-22(3)40-25/h6-18H,4-5,19H2,1-3H3,(H,35,38)(H,36,39). The summed E-state index contributed by atoms with van der Waals surface area (Å²) in [6.07, 6.45) is 6.41. The summed E-state index contributed by atoms with van der Waals surface area (Å²) in [5.74, 6) is -0.413. The van der Waals surface area contributed by atoms with Crippen molar-refractivity contribution < 1.29 is 9.59 Å². The maximum absolute atomic E-state index is 13.6. The minimum atomic E-state index is -0.261. The van der Waals surface area contributed by atoms with Gasteiger partial charge in [-0.25, -0.2) is 4.98 Å². The molecule has 40 heavy (non-hydrogen) atoms. The smallest absolute Gasteiger partial charge is 0.256 e. The number of carbonyl (C=O) groups excluding carboxylic acids is 2. The van der Waals surface area contributed by atoms with Gasteiger partial charge in [-0.2, -0.15) is 0 Å². The monoisotopic (exact) mass is 567 g/mol. The van der Waals surface area contributed by atoms with Crippen molar-refractivity contribution in [3.63, 3.8) is 0 Å². The van der Waals surface area contributed by atoms with Crippen LogP contribution in [0.4, 0.5) is 5.69 Å². The quantitative estimate of drug-likeness (QED) is 0.245. The molecule has 5 nitrogen and oxygen atoms in total. The van der Waals surface area contributed by atoms with Crippen LogP contribution in [0.1, 0.15) is 51.6 Å². The van der Waals surface area contributed by atoms with Crippen molar-refractivity contribution in [2.24, 2.45) is 0 Å². The molecule has 1 aliphatic heterocycles. The Hall–Kier alpha value is -3.87. The molecule has 1 aromatic heterocycles. The molecule has 1 aliphatic rings. The molecule has 2 amide bonds. The highest BCUT2D eigenvalue weighted by atomic mass is 35.5. The van der Waals surface area contributed by atoms with Crippen LogP contribution in [0, 0.1) is 13.8 Å². The number of halogens is 1. The van der Waals surface area contributed by atoms with Gasteiger partial charge in [-0.05, 0) is 86.5 Å². The molecule has 0 spiro atoms. The highest BCUT2D eigenvalue weighted by Crippen LogP contribution is 2.32. The maximum atomic E-state index is 13.6. The molecule has 0 saturated carbocycles. The van der Waals surface area contributed by atoms with Gasteiger partial charge in [0.05, 0.1) is 16.8 Å². The number of amides is 2. The first-order chi connectivity index (χ1) is 19.3. The first-order valence-electron chi connectivity index (χ1n) is 13.2. The summed E-state index contributed by atoms with van der Waals surface area (Å²) in [5.41, 5.74) is 5.82. The van der Waals surface area contributed by atoms with Crippen molar-refractivity contribution in [2.75, 3.05) is 11.9 Å². The lowest BCUT2D eigenvalue weighted by Gasteiger charge is -2.14. The number of thioether (sulfide) groups is 1. The Morgan fingerprint density at radius 1 is 0.925 bits per heavy atom. The molecule has 0 bridgehead atoms. The summed E-state index contributed by atoms with van der Waals surface area (Å²) in [6.45, 7) is 6.58. The van der Waals surface area contributed by atoms with Gasteiger partial charge in [0, 0.05) is 38.7 Å². The van der Waals surface area contributed by atoms with E-state index < -0.39 is 0 Å². The lowest BCUT2D eigenvalue weighted by Crippen LogP contribution is -2.25. The predicted molar refractivity (Wildman–Crippen MR) is 167 cm³/mol. The van der Waals surface area contributed by atoms with Crippen LogP contribution in [0.5, 0.6) is 0 Å². The zero-order valence-corrected chi connectivity index (χ0v) is 24.2. The number of rotatable bonds is 6. The van der Waals surface area contributed by atoms with E-state index in [0.717, 1.165) is 45.3 Å². The second-order valence-corrected chi connectivity index (χ2v) is 11.7. The number of aromatic nitrogens is 1. The molecular formula is C33H30ClN3O2S. The predicted octanol–water partition coefficient (Wildman–Crippen LogP) is 8.47. The van der Waals surface area contributed by atoms with Crippen LogP contribution in [-0.2, 0) is 0 Å². The number of fused-ring (bicyclic) bond motifs is 1. The SMILES string of the molecule is CC1=CCCC=C(CNC(=O)c2ccc(NC(=O)c3cc(-c4ccccc4Cl)nc4c(C)cc(C)cc34)cc2)S1. The van der Waals surface area contributed by atoms with E-state index in [-0.39, 0.29) is 11.8 Å². The summed E-state index contributed by atoms with van der Waals surface area (Å²) in [6, 6.07) is 20.2. The van der Waals surface area contributed by atoms with Crippen LogP contribution < -0.4 is 10.6 Å². The number of benzene rings is 3. The van der Waals surface area contributed by atoms with Gasteiger partial charge in [-0.15, -0.1) is 0 Å². The molecule has 2 N–H and O–H groups in total. The van der Waals surface area contributed by atoms with Crippen LogP contribution in [0.2, 0.25) is 5.02 Å². The van der Waals surface area contributed by atoms with E-state index in [4.69, 9.17) is 16.6 Å². The van der Waals surface area contributed by atoms with E-state index in [2.05, 4.69) is 35.8 Å². The molecule has 5 rings (SSSR count). The molecule has 0 fully saturated rings. The van der Waals surface area contributed by atoms with Gasteiger partial charge in [0.2, 0.25) is 0 Å². The molecule has 7 heteroatoms. The summed E-state index contributed by atoms with van der Waals surface area (Å²) in [4.78, 5) is 33.6. The van der Waals surface area contributed by atoms with Crippen molar-refractivity contribution in [3.05, 3.63) is 116 Å². The van der Waals surface area contributed by atoms with Crippen LogP contribution in [-0.4, -0.2) is 23.3 Å². The Morgan fingerprint density at radius 3 is 2.45 bits per heavy atom. The van der Waals surface area contributed by atoms with E-state index in [1.165, 1.54) is 4.91 Å². The highest BCUT2D eigenvalue weighted by molar-refractivity contribution is 8.06. The molecule has 3 aromatic carbocycles. The summed E-state index contributed by atoms with van der Waals surface area (Å²) >= 11 is 8.18. The number of pyridine rings is 1. The fourth-order valence-electron chi connectivity index (χ4n) is 4.78. The lowest BCUT2D eigenvalue weighted by molar-refractivity contribution is 0.0957. The number of aryl methyl sites for hydroxylation is 2. The summed E-state index contributed by atoms with van der Waals surface area (Å²) in [7, 11) is 0. The molecule has 0 atom stereocenters. The minimum Gasteiger partial charge on any atom is -0.347 e. The molecule has 4 aromatic rings. The minimum absolute atomic E-state index is 0.152. The van der Waals surface area contributed by atoms with E-state index in [1.54, 1.807) is 42.1 Å². The average molecular weight is 568 g/mol. The Morgan fingerprint density at radius 2 is 1.68 bits per heavy atom. The van der Waals surface area contributed by atoms with E-state index in [9.17, 15) is 9.59 Å². The number of hydrogen-bond acceptors (Lipinski definition) is 4. The Balaban J connectivity index is 1.36. The molecule has 202 valence electrons. The zero-order valence-electron chi connectivity index (χ0n) is 22.7. The van der Waals surface area contributed by atoms with Crippen LogP contribution in [0.15, 0.2) is 88.7 Å². The van der Waals surface area contributed by atoms with E-state index in [0.29, 0.717) is 34.1 Å². The third-order valence-electron chi connectivity index (χ3n) is 6.73. The summed E-state index contributed by atoms with van der Waals surface area (Å²) in [5, 5.41) is 7.34. The van der Waals surface area contributed by atoms with Gasteiger partial charge in [0.25, 0.3) is 11.8 Å². The van der Waals surface area contributed by atoms with E-state index in [1.807, 2.05) is 44.2 Å². The number of carbonyl (C=O) groups is 2. The van der Waals surface area contributed by atoms with Crippen molar-refractivity contribution in [1.82, 2.24) is 10.3 Å². The van der Waals surface area contributed by atoms with Crippen LogP contribution in [0.3, 0.4) is 0 Å². The molecule has 0 unspecified atom stereocenters. The molecule has 2 heterocycles. The van der Waals surface area contributed by atoms with Gasteiger partial charge in [0.1, 0.15) is 0 Å². The highest BCUT2D eigenvalue weighted by Gasteiger charge is 2.18. The van der Waals surface area contributed by atoms with Gasteiger partial charge in [-0.3, -0.25) is 9.59 Å². The molecule has 0 saturated heterocycles. The van der Waals surface area contributed by atoms with Crippen molar-refractivity contribution in [2.45, 2.75) is 33.6 Å². The largest absolute Gasteiger partial charge is 0.347 e. The van der Waals surface area contributed by atoms with Gasteiger partial charge in [0.15, 0.2) is 0 Å². The normalized spacial score (nSPS) is 13.3. The first-order valence-corrected chi connectivity index (χ1v) is 14.4. The lowest BCUT2D eigenvalue weighted by atomic mass is 9.99. The van der Waals surface area contributed by atoms with Crippen molar-refractivity contribution in [1.29, 1.82) is 0 Å². The summed E-state index contributed by atoms with van der Waals surface area (Å²) < 4.78 is 0. The Bertz CT molecular complexity index is 1680. The third-order valence-corrected chi connectivity index (χ3v) is 8.12. The fourth-order valence-corrected chi connectivity index (χ4v) is 5.97. The second-order valence-electron chi connectivity index (χ2n) is 9.89. The number of nitrogens with one attached hydrogen (secondary N) is 2. The Kier molecular flexibility index (Phi) is 8.38. The zero-order chi connectivity index (χ0) is 28.2. The van der Waals surface area contributed by atoms with E-state index >= 15 is 0 Å². The first kappa shape index (κ1) is 27.7. The van der Waals surface area contributed by atoms with Gasteiger partial charge in [-0.1, -0.05) is 65.3 Å². The van der Waals surface area contributed by atoms with Gasteiger partial charge < -0.3 is 10.6 Å². The maximum Gasteiger partial charge on any atom is 0.256 e. The number of nitrogens with zero attached hydrogens (tertiary/aromatic N) is 1. The Labute approximate surface area is 243 Å².